The van der Waals surface area contributed by atoms with Gasteiger partial charge in [-0.05, 0) is 35.1 Å². The van der Waals surface area contributed by atoms with Crippen LogP contribution in [0.1, 0.15) is 36.5 Å². The van der Waals surface area contributed by atoms with E-state index in [0.717, 1.165) is 25.3 Å². The average molecular weight is 325 g/mol. The van der Waals surface area contributed by atoms with Crippen LogP contribution in [0, 0.1) is 0 Å². The highest BCUT2D eigenvalue weighted by Gasteiger charge is 2.19. The third-order valence-electron chi connectivity index (χ3n) is 4.65. The van der Waals surface area contributed by atoms with Crippen molar-refractivity contribution in [3.63, 3.8) is 0 Å². The fraction of sp³-hybridized carbons (Fsp3) is 0.429. The summed E-state index contributed by atoms with van der Waals surface area (Å²) in [5.74, 6) is 1.30. The Hall–Kier alpha value is -1.84. The molecule has 1 N–H and O–H groups in total. The van der Waals surface area contributed by atoms with Crippen LogP contribution in [0.25, 0.3) is 0 Å². The summed E-state index contributed by atoms with van der Waals surface area (Å²) in [7, 11) is 0. The van der Waals surface area contributed by atoms with Crippen molar-refractivity contribution in [1.29, 1.82) is 0 Å². The summed E-state index contributed by atoms with van der Waals surface area (Å²) in [6, 6.07) is 16.7. The van der Waals surface area contributed by atoms with Gasteiger partial charge in [-0.1, -0.05) is 56.3 Å². The first-order chi connectivity index (χ1) is 11.6. The number of aliphatic hydroxyl groups excluding tert-OH is 1. The topological polar surface area (TPSA) is 32.7 Å². The molecule has 0 bridgehead atoms. The number of β-amino-alcohol motifs (C(OH)–C–C–N with tert-alkyl or cyclic N) is 1. The average Bonchev–Trinajstić information content (AvgIpc) is 2.60. The highest BCUT2D eigenvalue weighted by molar-refractivity contribution is 5.35. The molecule has 0 unspecified atom stereocenters. The predicted octanol–water partition coefficient (Wildman–Crippen LogP) is 3.61. The van der Waals surface area contributed by atoms with Crippen LogP contribution >= 0.6 is 0 Å². The van der Waals surface area contributed by atoms with E-state index in [1.165, 1.54) is 16.7 Å². The molecule has 0 aromatic heterocycles. The number of aliphatic hydroxyl groups is 1. The van der Waals surface area contributed by atoms with E-state index in [-0.39, 0.29) is 0 Å². The summed E-state index contributed by atoms with van der Waals surface area (Å²) in [4.78, 5) is 2.31. The van der Waals surface area contributed by atoms with Gasteiger partial charge in [0.05, 0.1) is 0 Å². The Morgan fingerprint density at radius 1 is 1.04 bits per heavy atom. The van der Waals surface area contributed by atoms with Crippen LogP contribution in [0.4, 0.5) is 0 Å². The van der Waals surface area contributed by atoms with Crippen LogP contribution in [-0.4, -0.2) is 35.8 Å². The first-order valence-corrected chi connectivity index (χ1v) is 8.82. The Morgan fingerprint density at radius 2 is 1.75 bits per heavy atom. The lowest BCUT2D eigenvalue weighted by Crippen LogP contribution is -2.38. The molecule has 1 atom stereocenters. The minimum Gasteiger partial charge on any atom is -0.491 e. The number of para-hydroxylation sites is 1. The summed E-state index contributed by atoms with van der Waals surface area (Å²) in [5, 5.41) is 10.4. The van der Waals surface area contributed by atoms with Crippen LogP contribution in [0.15, 0.2) is 48.5 Å². The van der Waals surface area contributed by atoms with Crippen LogP contribution in [0.2, 0.25) is 0 Å². The molecule has 0 fully saturated rings. The minimum atomic E-state index is -0.476. The van der Waals surface area contributed by atoms with Gasteiger partial charge in [0.25, 0.3) is 0 Å². The largest absolute Gasteiger partial charge is 0.491 e. The maximum atomic E-state index is 10.4. The first kappa shape index (κ1) is 17.0. The molecular formula is C21H27NO2. The molecule has 3 rings (SSSR count). The van der Waals surface area contributed by atoms with Crippen molar-refractivity contribution in [2.75, 3.05) is 19.7 Å². The van der Waals surface area contributed by atoms with Gasteiger partial charge in [0.2, 0.25) is 0 Å². The fourth-order valence-corrected chi connectivity index (χ4v) is 3.34. The van der Waals surface area contributed by atoms with Crippen LogP contribution in [-0.2, 0) is 13.0 Å². The Labute approximate surface area is 144 Å². The third-order valence-corrected chi connectivity index (χ3v) is 4.65. The van der Waals surface area contributed by atoms with Gasteiger partial charge in [-0.2, -0.15) is 0 Å². The second kappa shape index (κ2) is 7.82. The SMILES string of the molecule is CC(C)c1ccccc1OC[C@@H](O)CN1CCc2ccccc2C1. The van der Waals surface area contributed by atoms with Gasteiger partial charge < -0.3 is 9.84 Å². The van der Waals surface area contributed by atoms with Gasteiger partial charge in [-0.3, -0.25) is 4.90 Å². The number of fused-ring (bicyclic) bond motifs is 1. The van der Waals surface area contributed by atoms with Crippen molar-refractivity contribution in [2.24, 2.45) is 0 Å². The molecule has 3 heteroatoms. The number of ether oxygens (including phenoxy) is 1. The Bertz CT molecular complexity index is 668. The van der Waals surface area contributed by atoms with Crippen molar-refractivity contribution in [2.45, 2.75) is 38.8 Å². The molecule has 2 aromatic carbocycles. The molecular weight excluding hydrogens is 298 g/mol. The van der Waals surface area contributed by atoms with Gasteiger partial charge in [-0.25, -0.2) is 0 Å². The fourth-order valence-electron chi connectivity index (χ4n) is 3.34. The molecule has 0 aliphatic carbocycles. The molecule has 2 aromatic rings. The minimum absolute atomic E-state index is 0.335. The maximum absolute atomic E-state index is 10.4. The van der Waals surface area contributed by atoms with Crippen LogP contribution < -0.4 is 4.74 Å². The summed E-state index contributed by atoms with van der Waals surface area (Å²) >= 11 is 0. The molecule has 0 spiro atoms. The monoisotopic (exact) mass is 325 g/mol. The molecule has 1 aliphatic heterocycles. The van der Waals surface area contributed by atoms with E-state index in [4.69, 9.17) is 4.74 Å². The molecule has 128 valence electrons. The molecule has 1 aliphatic rings. The lowest BCUT2D eigenvalue weighted by molar-refractivity contribution is 0.0634. The number of hydrogen-bond acceptors (Lipinski definition) is 3. The number of nitrogens with zero attached hydrogens (tertiary/aromatic N) is 1. The van der Waals surface area contributed by atoms with E-state index < -0.39 is 6.10 Å². The maximum Gasteiger partial charge on any atom is 0.122 e. The lowest BCUT2D eigenvalue weighted by atomic mass is 10.00. The van der Waals surface area contributed by atoms with E-state index in [1.54, 1.807) is 0 Å². The molecule has 3 nitrogen and oxygen atoms in total. The van der Waals surface area contributed by atoms with Crippen molar-refractivity contribution in [3.8, 4) is 5.75 Å². The number of rotatable bonds is 6. The van der Waals surface area contributed by atoms with E-state index in [0.29, 0.717) is 19.1 Å². The zero-order valence-corrected chi connectivity index (χ0v) is 14.6. The Balaban J connectivity index is 1.53. The summed E-state index contributed by atoms with van der Waals surface area (Å²) < 4.78 is 5.89. The second-order valence-electron chi connectivity index (χ2n) is 6.91. The van der Waals surface area contributed by atoms with Gasteiger partial charge >= 0.3 is 0 Å². The highest BCUT2D eigenvalue weighted by Crippen LogP contribution is 2.26. The van der Waals surface area contributed by atoms with E-state index in [9.17, 15) is 5.11 Å². The second-order valence-corrected chi connectivity index (χ2v) is 6.91. The van der Waals surface area contributed by atoms with Crippen LogP contribution in [0.5, 0.6) is 5.75 Å². The summed E-state index contributed by atoms with van der Waals surface area (Å²) in [5.41, 5.74) is 4.00. The van der Waals surface area contributed by atoms with E-state index in [1.807, 2.05) is 18.2 Å². The predicted molar refractivity (Wildman–Crippen MR) is 97.5 cm³/mol. The van der Waals surface area contributed by atoms with Crippen molar-refractivity contribution < 1.29 is 9.84 Å². The quantitative estimate of drug-likeness (QED) is 0.881. The molecule has 0 amide bonds. The van der Waals surface area contributed by atoms with E-state index in [2.05, 4.69) is 49.1 Å². The summed E-state index contributed by atoms with van der Waals surface area (Å²) in [6.07, 6.45) is 0.579. The third kappa shape index (κ3) is 4.16. The Morgan fingerprint density at radius 3 is 2.54 bits per heavy atom. The first-order valence-electron chi connectivity index (χ1n) is 8.82. The molecule has 1 heterocycles. The van der Waals surface area contributed by atoms with Crippen LogP contribution in [0.3, 0.4) is 0 Å². The molecule has 0 saturated heterocycles. The van der Waals surface area contributed by atoms with Crippen molar-refractivity contribution >= 4 is 0 Å². The zero-order valence-electron chi connectivity index (χ0n) is 14.6. The van der Waals surface area contributed by atoms with Crippen molar-refractivity contribution in [1.82, 2.24) is 4.90 Å². The normalized spacial score (nSPS) is 16.0. The number of benzene rings is 2. The Kier molecular flexibility index (Phi) is 5.54. The lowest BCUT2D eigenvalue weighted by Gasteiger charge is -2.30. The van der Waals surface area contributed by atoms with Gasteiger partial charge in [0, 0.05) is 19.6 Å². The molecule has 0 saturated carbocycles. The smallest absolute Gasteiger partial charge is 0.122 e. The van der Waals surface area contributed by atoms with E-state index >= 15 is 0 Å². The standard InChI is InChI=1S/C21H27NO2/c1-16(2)20-9-5-6-10-21(20)24-15-19(23)14-22-12-11-17-7-3-4-8-18(17)13-22/h3-10,16,19,23H,11-15H2,1-2H3/t19-/m0/s1. The van der Waals surface area contributed by atoms with Gasteiger partial charge in [-0.15, -0.1) is 0 Å². The van der Waals surface area contributed by atoms with Gasteiger partial charge in [0.15, 0.2) is 0 Å². The highest BCUT2D eigenvalue weighted by atomic mass is 16.5. The molecule has 24 heavy (non-hydrogen) atoms. The van der Waals surface area contributed by atoms with Gasteiger partial charge in [0.1, 0.15) is 18.5 Å². The zero-order chi connectivity index (χ0) is 16.9. The molecule has 0 radical (unpaired) electrons. The summed E-state index contributed by atoms with van der Waals surface area (Å²) in [6.45, 7) is 7.21. The van der Waals surface area contributed by atoms with Crippen molar-refractivity contribution in [3.05, 3.63) is 65.2 Å². The number of hydrogen-bond donors (Lipinski definition) is 1.